The number of benzene rings is 1. The molecule has 5 nitrogen and oxygen atoms in total. The first-order valence-corrected chi connectivity index (χ1v) is 5.01. The SMILES string of the molecule is COc1ccc(-c2ncnc(C(=O)O)c2F)cc1. The lowest BCUT2D eigenvalue weighted by molar-refractivity contribution is 0.0684. The standard InChI is InChI=1S/C12H9FN2O3/c1-18-8-4-2-7(3-5-8)10-9(13)11(12(16)17)15-6-14-10/h2-6H,1H3,(H,16,17). The van der Waals surface area contributed by atoms with E-state index in [9.17, 15) is 9.18 Å². The minimum absolute atomic E-state index is 0.0509. The summed E-state index contributed by atoms with van der Waals surface area (Å²) in [6.45, 7) is 0. The molecule has 92 valence electrons. The molecule has 0 aliphatic carbocycles. The Morgan fingerprint density at radius 2 is 1.94 bits per heavy atom. The summed E-state index contributed by atoms with van der Waals surface area (Å²) in [6, 6.07) is 6.46. The summed E-state index contributed by atoms with van der Waals surface area (Å²) in [6.07, 6.45) is 1.02. The number of ether oxygens (including phenoxy) is 1. The van der Waals surface area contributed by atoms with Crippen LogP contribution in [0.3, 0.4) is 0 Å². The molecular formula is C12H9FN2O3. The summed E-state index contributed by atoms with van der Waals surface area (Å²) < 4.78 is 18.8. The topological polar surface area (TPSA) is 72.3 Å². The van der Waals surface area contributed by atoms with Gasteiger partial charge in [-0.15, -0.1) is 0 Å². The van der Waals surface area contributed by atoms with Crippen LogP contribution in [-0.2, 0) is 0 Å². The lowest BCUT2D eigenvalue weighted by atomic mass is 10.1. The van der Waals surface area contributed by atoms with Gasteiger partial charge in [-0.25, -0.2) is 19.2 Å². The second kappa shape index (κ2) is 4.79. The van der Waals surface area contributed by atoms with Gasteiger partial charge in [-0.3, -0.25) is 0 Å². The van der Waals surface area contributed by atoms with Gasteiger partial charge in [0.25, 0.3) is 0 Å². The number of hydrogen-bond acceptors (Lipinski definition) is 4. The van der Waals surface area contributed by atoms with E-state index in [2.05, 4.69) is 9.97 Å². The number of rotatable bonds is 3. The van der Waals surface area contributed by atoms with E-state index < -0.39 is 17.5 Å². The Balaban J connectivity index is 2.50. The monoisotopic (exact) mass is 248 g/mol. The molecule has 1 aromatic carbocycles. The van der Waals surface area contributed by atoms with E-state index in [0.717, 1.165) is 6.33 Å². The van der Waals surface area contributed by atoms with Crippen molar-refractivity contribution in [2.75, 3.05) is 7.11 Å². The van der Waals surface area contributed by atoms with Crippen molar-refractivity contribution >= 4 is 5.97 Å². The smallest absolute Gasteiger partial charge is 0.357 e. The Morgan fingerprint density at radius 1 is 1.28 bits per heavy atom. The van der Waals surface area contributed by atoms with Crippen LogP contribution in [0.25, 0.3) is 11.3 Å². The normalized spacial score (nSPS) is 10.1. The first-order chi connectivity index (χ1) is 8.63. The number of hydrogen-bond donors (Lipinski definition) is 1. The van der Waals surface area contributed by atoms with Crippen LogP contribution in [0.4, 0.5) is 4.39 Å². The first kappa shape index (κ1) is 12.0. The molecule has 0 aliphatic rings. The van der Waals surface area contributed by atoms with Crippen molar-refractivity contribution in [3.8, 4) is 17.0 Å². The number of methoxy groups -OCH3 is 1. The maximum atomic E-state index is 13.9. The van der Waals surface area contributed by atoms with Crippen LogP contribution in [-0.4, -0.2) is 28.2 Å². The van der Waals surface area contributed by atoms with E-state index in [0.29, 0.717) is 11.3 Å². The minimum Gasteiger partial charge on any atom is -0.497 e. The van der Waals surface area contributed by atoms with Crippen molar-refractivity contribution in [1.29, 1.82) is 0 Å². The molecule has 0 saturated heterocycles. The molecule has 0 bridgehead atoms. The van der Waals surface area contributed by atoms with Crippen molar-refractivity contribution in [3.63, 3.8) is 0 Å². The molecule has 2 rings (SSSR count). The number of carboxylic acids is 1. The van der Waals surface area contributed by atoms with Gasteiger partial charge in [0, 0.05) is 5.56 Å². The van der Waals surface area contributed by atoms with Gasteiger partial charge in [0.2, 0.25) is 0 Å². The van der Waals surface area contributed by atoms with Gasteiger partial charge in [0.1, 0.15) is 17.8 Å². The molecule has 1 aromatic heterocycles. The van der Waals surface area contributed by atoms with E-state index in [4.69, 9.17) is 9.84 Å². The lowest BCUT2D eigenvalue weighted by Gasteiger charge is -2.05. The minimum atomic E-state index is -1.43. The number of halogens is 1. The third kappa shape index (κ3) is 2.13. The summed E-state index contributed by atoms with van der Waals surface area (Å²) >= 11 is 0. The fourth-order valence-corrected chi connectivity index (χ4v) is 1.47. The predicted molar refractivity (Wildman–Crippen MR) is 60.9 cm³/mol. The third-order valence-corrected chi connectivity index (χ3v) is 2.36. The van der Waals surface area contributed by atoms with Gasteiger partial charge in [0.15, 0.2) is 11.5 Å². The van der Waals surface area contributed by atoms with Gasteiger partial charge in [-0.05, 0) is 24.3 Å². The van der Waals surface area contributed by atoms with Crippen LogP contribution >= 0.6 is 0 Å². The lowest BCUT2D eigenvalue weighted by Crippen LogP contribution is -2.06. The highest BCUT2D eigenvalue weighted by atomic mass is 19.1. The molecule has 0 spiro atoms. The molecule has 0 unspecified atom stereocenters. The average molecular weight is 248 g/mol. The van der Waals surface area contributed by atoms with E-state index in [1.807, 2.05) is 0 Å². The Hall–Kier alpha value is -2.50. The Morgan fingerprint density at radius 3 is 2.50 bits per heavy atom. The Bertz CT molecular complexity index is 584. The summed E-state index contributed by atoms with van der Waals surface area (Å²) in [5.74, 6) is -1.76. The van der Waals surface area contributed by atoms with Crippen molar-refractivity contribution in [3.05, 3.63) is 42.1 Å². The number of aromatic nitrogens is 2. The van der Waals surface area contributed by atoms with Crippen molar-refractivity contribution in [1.82, 2.24) is 9.97 Å². The zero-order valence-corrected chi connectivity index (χ0v) is 9.42. The maximum Gasteiger partial charge on any atom is 0.357 e. The van der Waals surface area contributed by atoms with Crippen molar-refractivity contribution in [2.45, 2.75) is 0 Å². The molecule has 0 fully saturated rings. The number of nitrogens with zero attached hydrogens (tertiary/aromatic N) is 2. The highest BCUT2D eigenvalue weighted by molar-refractivity contribution is 5.87. The number of carboxylic acid groups (broad SMARTS) is 1. The highest BCUT2D eigenvalue weighted by Gasteiger charge is 2.17. The van der Waals surface area contributed by atoms with Crippen LogP contribution in [0, 0.1) is 5.82 Å². The Kier molecular flexibility index (Phi) is 3.18. The summed E-state index contributed by atoms with van der Waals surface area (Å²) in [5.41, 5.74) is -0.237. The molecule has 1 N–H and O–H groups in total. The molecule has 18 heavy (non-hydrogen) atoms. The molecule has 0 atom stereocenters. The van der Waals surface area contributed by atoms with Gasteiger partial charge in [-0.1, -0.05) is 0 Å². The van der Waals surface area contributed by atoms with Crippen molar-refractivity contribution < 1.29 is 19.0 Å². The van der Waals surface area contributed by atoms with E-state index in [1.165, 1.54) is 7.11 Å². The Labute approximate surface area is 102 Å². The molecule has 0 radical (unpaired) electrons. The molecule has 0 saturated carbocycles. The highest BCUT2D eigenvalue weighted by Crippen LogP contribution is 2.23. The van der Waals surface area contributed by atoms with Crippen LogP contribution in [0.15, 0.2) is 30.6 Å². The second-order valence-corrected chi connectivity index (χ2v) is 3.42. The largest absolute Gasteiger partial charge is 0.497 e. The predicted octanol–water partition coefficient (Wildman–Crippen LogP) is 1.99. The quantitative estimate of drug-likeness (QED) is 0.899. The summed E-state index contributed by atoms with van der Waals surface area (Å²) in [7, 11) is 1.52. The van der Waals surface area contributed by atoms with Crippen LogP contribution in [0.1, 0.15) is 10.5 Å². The van der Waals surface area contributed by atoms with Crippen LogP contribution in [0.2, 0.25) is 0 Å². The second-order valence-electron chi connectivity index (χ2n) is 3.42. The molecule has 6 heteroatoms. The van der Waals surface area contributed by atoms with Crippen LogP contribution in [0.5, 0.6) is 5.75 Å². The van der Waals surface area contributed by atoms with Crippen molar-refractivity contribution in [2.24, 2.45) is 0 Å². The molecule has 1 heterocycles. The number of carbonyl (C=O) groups is 1. The zero-order chi connectivity index (χ0) is 13.1. The summed E-state index contributed by atoms with van der Waals surface area (Å²) in [5, 5.41) is 8.77. The number of aromatic carboxylic acids is 1. The van der Waals surface area contributed by atoms with Gasteiger partial charge >= 0.3 is 5.97 Å². The molecular weight excluding hydrogens is 239 g/mol. The summed E-state index contributed by atoms with van der Waals surface area (Å²) in [4.78, 5) is 17.9. The van der Waals surface area contributed by atoms with Gasteiger partial charge in [0.05, 0.1) is 7.11 Å². The van der Waals surface area contributed by atoms with Crippen LogP contribution < -0.4 is 4.74 Å². The van der Waals surface area contributed by atoms with Gasteiger partial charge < -0.3 is 9.84 Å². The molecule has 0 aliphatic heterocycles. The average Bonchev–Trinajstić information content (AvgIpc) is 2.39. The van der Waals surface area contributed by atoms with Gasteiger partial charge in [-0.2, -0.15) is 0 Å². The zero-order valence-electron chi connectivity index (χ0n) is 9.42. The van der Waals surface area contributed by atoms with E-state index in [1.54, 1.807) is 24.3 Å². The molecule has 0 amide bonds. The van der Waals surface area contributed by atoms with E-state index >= 15 is 0 Å². The third-order valence-electron chi connectivity index (χ3n) is 2.36. The fourth-order valence-electron chi connectivity index (χ4n) is 1.47. The molecule has 2 aromatic rings. The van der Waals surface area contributed by atoms with E-state index in [-0.39, 0.29) is 5.69 Å². The maximum absolute atomic E-state index is 13.9. The fraction of sp³-hybridized carbons (Fsp3) is 0.0833. The first-order valence-electron chi connectivity index (χ1n) is 5.01.